The molecule has 2 heterocycles. The number of phenols is 1. The van der Waals surface area contributed by atoms with Crippen molar-refractivity contribution in [3.63, 3.8) is 0 Å². The van der Waals surface area contributed by atoms with Gasteiger partial charge in [-0.3, -0.25) is 9.55 Å². The fraction of sp³-hybridized carbons (Fsp3) is 0.238. The van der Waals surface area contributed by atoms with Gasteiger partial charge in [0.1, 0.15) is 11.6 Å². The van der Waals surface area contributed by atoms with Crippen LogP contribution in [0.4, 0.5) is 0 Å². The zero-order chi connectivity index (χ0) is 48.3. The average Bonchev–Trinajstić information content (AvgIpc) is 3.70. The highest BCUT2D eigenvalue weighted by Gasteiger charge is 2.30. The lowest BCUT2D eigenvalue weighted by atomic mass is 9.79. The molecule has 0 saturated heterocycles. The first-order valence-corrected chi connectivity index (χ1v) is 23.5. The summed E-state index contributed by atoms with van der Waals surface area (Å²) in [6, 6.07) is 57.8. The van der Waals surface area contributed by atoms with E-state index in [1.165, 1.54) is 16.7 Å². The van der Waals surface area contributed by atoms with Crippen LogP contribution in [0.15, 0.2) is 170 Å². The first-order chi connectivity index (χ1) is 32.1. The predicted molar refractivity (Wildman–Crippen MR) is 283 cm³/mol. The molecule has 0 radical (unpaired) electrons. The van der Waals surface area contributed by atoms with Crippen molar-refractivity contribution in [2.24, 2.45) is 0 Å². The second kappa shape index (κ2) is 17.3. The summed E-state index contributed by atoms with van der Waals surface area (Å²) in [5.41, 5.74) is 17.2. The van der Waals surface area contributed by atoms with Crippen molar-refractivity contribution in [3.8, 4) is 78.6 Å². The molecule has 0 atom stereocenters. The Morgan fingerprint density at radius 3 is 1.72 bits per heavy atom. The van der Waals surface area contributed by atoms with E-state index < -0.39 is 5.89 Å². The number of hydrogen-bond acceptors (Lipinski definition) is 3. The standard InChI is InChI=1S/C63H63N3O/c1-40(2)45-29-30-56(52(36-45)44-21-16-13-17-22-44)66-57-24-18-23-51(58(57)65-60(66)53-38-50(62(6,7)8)39-54(59(53)67)63(9,10)11)47-33-48(35-49(34-47)61(3,4)5)55-37-46(31-32-64-55)43-27-25-42(26-28-43)41-19-14-12-15-20-41/h12-40,67H,1-11H3/i40D. The molecule has 9 aromatic rings. The molecule has 0 bridgehead atoms. The highest BCUT2D eigenvalue weighted by molar-refractivity contribution is 5.98. The van der Waals surface area contributed by atoms with Gasteiger partial charge >= 0.3 is 0 Å². The van der Waals surface area contributed by atoms with Crippen molar-refractivity contribution in [1.29, 1.82) is 0 Å². The van der Waals surface area contributed by atoms with Gasteiger partial charge in [-0.1, -0.05) is 191 Å². The Balaban J connectivity index is 1.30. The molecule has 2 aromatic heterocycles. The van der Waals surface area contributed by atoms with Crippen molar-refractivity contribution in [2.75, 3.05) is 0 Å². The first kappa shape index (κ1) is 43.8. The number of pyridine rings is 1. The fourth-order valence-corrected chi connectivity index (χ4v) is 9.08. The third kappa shape index (κ3) is 8.98. The van der Waals surface area contributed by atoms with Crippen LogP contribution >= 0.6 is 0 Å². The Kier molecular flexibility index (Phi) is 11.3. The Bertz CT molecular complexity index is 3300. The van der Waals surface area contributed by atoms with Gasteiger partial charge in [0.05, 0.1) is 28.0 Å². The number of aromatic nitrogens is 3. The maximum Gasteiger partial charge on any atom is 0.149 e. The van der Waals surface area contributed by atoms with E-state index in [9.17, 15) is 5.11 Å². The van der Waals surface area contributed by atoms with Crippen LogP contribution in [0.5, 0.6) is 5.75 Å². The molecule has 7 aromatic carbocycles. The van der Waals surface area contributed by atoms with Gasteiger partial charge in [0.2, 0.25) is 0 Å². The van der Waals surface area contributed by atoms with Crippen LogP contribution in [0.2, 0.25) is 0 Å². The SMILES string of the molecule is [2H]C(C)(C)c1ccc(-n2c(-c3cc(C(C)(C)C)cc(C(C)(C)C)c3O)nc3c(-c4cc(-c5cc(-c6ccc(-c7ccccc7)cc6)ccn5)cc(C(C)(C)C)c4)cccc32)c(-c2ccccc2)c1. The quantitative estimate of drug-likeness (QED) is 0.165. The molecule has 4 nitrogen and oxygen atoms in total. The van der Waals surface area contributed by atoms with E-state index in [0.717, 1.165) is 78.0 Å². The minimum atomic E-state index is -0.826. The number of benzene rings is 7. The summed E-state index contributed by atoms with van der Waals surface area (Å²) in [6.45, 7) is 23.7. The van der Waals surface area contributed by atoms with Crippen molar-refractivity contribution < 1.29 is 6.48 Å². The summed E-state index contributed by atoms with van der Waals surface area (Å²) in [5, 5.41) is 12.6. The lowest BCUT2D eigenvalue weighted by Crippen LogP contribution is -2.17. The van der Waals surface area contributed by atoms with E-state index in [0.29, 0.717) is 11.4 Å². The van der Waals surface area contributed by atoms with Crippen molar-refractivity contribution in [3.05, 3.63) is 192 Å². The number of nitrogens with zero attached hydrogens (tertiary/aromatic N) is 3. The fourth-order valence-electron chi connectivity index (χ4n) is 9.08. The topological polar surface area (TPSA) is 50.9 Å². The number of phenolic OH excluding ortho intramolecular Hbond substituents is 1. The van der Waals surface area contributed by atoms with Gasteiger partial charge in [-0.2, -0.15) is 0 Å². The van der Waals surface area contributed by atoms with Crippen molar-refractivity contribution in [1.82, 2.24) is 14.5 Å². The monoisotopic (exact) mass is 879 g/mol. The maximum absolute atomic E-state index is 12.6. The Hall–Kier alpha value is -7.04. The maximum atomic E-state index is 12.6. The minimum absolute atomic E-state index is 0.172. The number of aromatic hydroxyl groups is 1. The van der Waals surface area contributed by atoms with E-state index in [-0.39, 0.29) is 22.0 Å². The molecular weight excluding hydrogens is 815 g/mol. The summed E-state index contributed by atoms with van der Waals surface area (Å²) in [4.78, 5) is 10.7. The van der Waals surface area contributed by atoms with Gasteiger partial charge in [-0.15, -0.1) is 0 Å². The number of fused-ring (bicyclic) bond motifs is 1. The number of hydrogen-bond donors (Lipinski definition) is 1. The molecule has 1 N–H and O–H groups in total. The van der Waals surface area contributed by atoms with Gasteiger partial charge in [-0.05, 0) is 121 Å². The molecule has 0 spiro atoms. The third-order valence-corrected chi connectivity index (χ3v) is 13.1. The van der Waals surface area contributed by atoms with Crippen LogP contribution in [-0.4, -0.2) is 19.6 Å². The number of para-hydroxylation sites is 1. The van der Waals surface area contributed by atoms with Gasteiger partial charge in [0, 0.05) is 29.8 Å². The smallest absolute Gasteiger partial charge is 0.149 e. The Morgan fingerprint density at radius 1 is 0.493 bits per heavy atom. The molecule has 0 amide bonds. The molecule has 0 aliphatic heterocycles. The molecule has 4 heteroatoms. The lowest BCUT2D eigenvalue weighted by molar-refractivity contribution is 0.446. The highest BCUT2D eigenvalue weighted by atomic mass is 16.3. The second-order valence-electron chi connectivity index (χ2n) is 21.4. The molecule has 0 aliphatic rings. The largest absolute Gasteiger partial charge is 0.507 e. The van der Waals surface area contributed by atoms with Gasteiger partial charge in [0.15, 0.2) is 0 Å². The normalized spacial score (nSPS) is 12.7. The van der Waals surface area contributed by atoms with Crippen LogP contribution in [0.1, 0.15) is 106 Å². The molecule has 0 aliphatic carbocycles. The molecule has 67 heavy (non-hydrogen) atoms. The second-order valence-corrected chi connectivity index (χ2v) is 21.4. The molecule has 0 fully saturated rings. The van der Waals surface area contributed by atoms with Crippen LogP contribution in [0.25, 0.3) is 83.9 Å². The lowest BCUT2D eigenvalue weighted by Gasteiger charge is -2.27. The summed E-state index contributed by atoms with van der Waals surface area (Å²) < 4.78 is 11.3. The van der Waals surface area contributed by atoms with E-state index in [1.54, 1.807) is 0 Å². The van der Waals surface area contributed by atoms with Gasteiger partial charge in [0.25, 0.3) is 0 Å². The zero-order valence-electron chi connectivity index (χ0n) is 42.0. The molecule has 336 valence electrons. The molecule has 0 unspecified atom stereocenters. The molecular formula is C63H63N3O. The third-order valence-electron chi connectivity index (χ3n) is 13.1. The average molecular weight is 879 g/mol. The Labute approximate surface area is 399 Å². The summed E-state index contributed by atoms with van der Waals surface area (Å²) in [6.07, 6.45) is 1.91. The minimum Gasteiger partial charge on any atom is -0.507 e. The van der Waals surface area contributed by atoms with Crippen LogP contribution in [0, 0.1) is 0 Å². The number of rotatable bonds is 8. The van der Waals surface area contributed by atoms with Crippen molar-refractivity contribution in [2.45, 2.75) is 98.3 Å². The summed E-state index contributed by atoms with van der Waals surface area (Å²) in [5.74, 6) is 0.0514. The van der Waals surface area contributed by atoms with Gasteiger partial charge in [-0.25, -0.2) is 4.98 Å². The molecule has 0 saturated carbocycles. The van der Waals surface area contributed by atoms with E-state index >= 15 is 0 Å². The predicted octanol–water partition coefficient (Wildman–Crippen LogP) is 17.1. The summed E-state index contributed by atoms with van der Waals surface area (Å²) >= 11 is 0. The van der Waals surface area contributed by atoms with E-state index in [4.69, 9.17) is 11.3 Å². The first-order valence-electron chi connectivity index (χ1n) is 24.0. The van der Waals surface area contributed by atoms with Crippen LogP contribution < -0.4 is 0 Å². The Morgan fingerprint density at radius 2 is 1.09 bits per heavy atom. The zero-order valence-corrected chi connectivity index (χ0v) is 41.0. The number of imidazole rings is 1. The summed E-state index contributed by atoms with van der Waals surface area (Å²) in [7, 11) is 0. The molecule has 9 rings (SSSR count). The van der Waals surface area contributed by atoms with Gasteiger partial charge < -0.3 is 5.11 Å². The highest BCUT2D eigenvalue weighted by Crippen LogP contribution is 2.46. The van der Waals surface area contributed by atoms with E-state index in [2.05, 4.69) is 219 Å². The van der Waals surface area contributed by atoms with Crippen LogP contribution in [-0.2, 0) is 16.2 Å². The van der Waals surface area contributed by atoms with Crippen molar-refractivity contribution >= 4 is 11.0 Å². The van der Waals surface area contributed by atoms with Crippen LogP contribution in [0.3, 0.4) is 0 Å². The van der Waals surface area contributed by atoms with E-state index in [1.807, 2.05) is 32.2 Å².